The van der Waals surface area contributed by atoms with Crippen LogP contribution in [0.15, 0.2) is 67.0 Å². The molecule has 1 N–H and O–H groups in total. The molecule has 3 atom stereocenters. The van der Waals surface area contributed by atoms with Crippen molar-refractivity contribution >= 4 is 28.9 Å². The van der Waals surface area contributed by atoms with E-state index in [2.05, 4.69) is 10.3 Å². The number of ketones is 1. The third kappa shape index (κ3) is 4.44. The second kappa shape index (κ2) is 9.25. The van der Waals surface area contributed by atoms with Crippen LogP contribution in [0.5, 0.6) is 0 Å². The van der Waals surface area contributed by atoms with Gasteiger partial charge in [0.2, 0.25) is 5.91 Å². The van der Waals surface area contributed by atoms with Crippen molar-refractivity contribution in [3.05, 3.63) is 77.4 Å². The fourth-order valence-electron chi connectivity index (χ4n) is 4.44. The average Bonchev–Trinajstić information content (AvgIpc) is 3.58. The first-order valence-corrected chi connectivity index (χ1v) is 11.7. The van der Waals surface area contributed by atoms with Crippen LogP contribution in [-0.2, 0) is 20.7 Å². The third-order valence-electron chi connectivity index (χ3n) is 6.08. The summed E-state index contributed by atoms with van der Waals surface area (Å²) in [4.78, 5) is 46.1. The van der Waals surface area contributed by atoms with Crippen LogP contribution in [0, 0.1) is 0 Å². The Kier molecular flexibility index (Phi) is 6.02. The van der Waals surface area contributed by atoms with E-state index < -0.39 is 12.1 Å². The molecule has 2 fully saturated rings. The van der Waals surface area contributed by atoms with Gasteiger partial charge in [-0.1, -0.05) is 30.3 Å². The maximum absolute atomic E-state index is 13.5. The molecule has 2 saturated heterocycles. The Morgan fingerprint density at radius 2 is 1.91 bits per heavy atom. The van der Waals surface area contributed by atoms with Crippen LogP contribution in [-0.4, -0.2) is 58.8 Å². The van der Waals surface area contributed by atoms with E-state index in [1.165, 1.54) is 11.3 Å². The summed E-state index contributed by atoms with van der Waals surface area (Å²) < 4.78 is 5.53. The fourth-order valence-corrected chi connectivity index (χ4v) is 5.36. The van der Waals surface area contributed by atoms with Crippen molar-refractivity contribution in [1.29, 1.82) is 0 Å². The zero-order valence-electron chi connectivity index (χ0n) is 17.8. The second-order valence-electron chi connectivity index (χ2n) is 8.20. The van der Waals surface area contributed by atoms with E-state index >= 15 is 0 Å². The number of Topliss-reactive ketones (excluding diaryl/α,β-unsaturated/α-hetero) is 1. The number of ether oxygens (including phenoxy) is 1. The molecule has 0 saturated carbocycles. The standard InChI is InChI=1S/C25H23N3O4S/c29-19-15-32-20-10-13-28(23(19)20)25(31)18(14-16-8-11-26-12-9-16)27-24(30)22-7-6-21(33-22)17-4-2-1-3-5-17/h1-9,11-12,18,20,23H,10,13-15H2,(H,27,30). The number of rotatable bonds is 6. The fraction of sp³-hybridized carbons (Fsp3) is 0.280. The van der Waals surface area contributed by atoms with Crippen LogP contribution in [0.1, 0.15) is 21.7 Å². The number of fused-ring (bicyclic) bond motifs is 1. The van der Waals surface area contributed by atoms with Gasteiger partial charge in [-0.2, -0.15) is 0 Å². The van der Waals surface area contributed by atoms with Gasteiger partial charge >= 0.3 is 0 Å². The molecule has 8 heteroatoms. The van der Waals surface area contributed by atoms with E-state index in [4.69, 9.17) is 4.74 Å². The van der Waals surface area contributed by atoms with Gasteiger partial charge < -0.3 is 15.0 Å². The topological polar surface area (TPSA) is 88.6 Å². The van der Waals surface area contributed by atoms with Crippen molar-refractivity contribution in [1.82, 2.24) is 15.2 Å². The molecule has 5 rings (SSSR count). The van der Waals surface area contributed by atoms with E-state index in [-0.39, 0.29) is 30.3 Å². The first kappa shape index (κ1) is 21.5. The first-order chi connectivity index (χ1) is 16.1. The van der Waals surface area contributed by atoms with Gasteiger partial charge in [-0.15, -0.1) is 11.3 Å². The molecule has 0 aliphatic carbocycles. The molecule has 168 valence electrons. The number of nitrogens with zero attached hydrogens (tertiary/aromatic N) is 2. The highest BCUT2D eigenvalue weighted by atomic mass is 32.1. The van der Waals surface area contributed by atoms with Gasteiger partial charge in [-0.25, -0.2) is 0 Å². The monoisotopic (exact) mass is 461 g/mol. The van der Waals surface area contributed by atoms with Gasteiger partial charge in [0.1, 0.15) is 18.7 Å². The molecule has 2 aliphatic rings. The van der Waals surface area contributed by atoms with Gasteiger partial charge in [-0.05, 0) is 41.8 Å². The summed E-state index contributed by atoms with van der Waals surface area (Å²) in [5.41, 5.74) is 1.92. The molecule has 1 aromatic carbocycles. The predicted octanol–water partition coefficient (Wildman–Crippen LogP) is 2.72. The third-order valence-corrected chi connectivity index (χ3v) is 7.21. The molecule has 2 aliphatic heterocycles. The Balaban J connectivity index is 1.37. The molecule has 3 aromatic rings. The van der Waals surface area contributed by atoms with Crippen molar-refractivity contribution in [3.63, 3.8) is 0 Å². The Morgan fingerprint density at radius 3 is 2.70 bits per heavy atom. The highest BCUT2D eigenvalue weighted by molar-refractivity contribution is 7.17. The maximum atomic E-state index is 13.5. The lowest BCUT2D eigenvalue weighted by Crippen LogP contribution is -2.53. The van der Waals surface area contributed by atoms with E-state index in [1.807, 2.05) is 48.5 Å². The molecule has 33 heavy (non-hydrogen) atoms. The van der Waals surface area contributed by atoms with E-state index in [1.54, 1.807) is 23.4 Å². The van der Waals surface area contributed by atoms with E-state index in [0.29, 0.717) is 24.3 Å². The molecule has 0 radical (unpaired) electrons. The Labute approximate surface area is 195 Å². The summed E-state index contributed by atoms with van der Waals surface area (Å²) in [6.45, 7) is 0.484. The maximum Gasteiger partial charge on any atom is 0.262 e. The minimum Gasteiger partial charge on any atom is -0.368 e. The van der Waals surface area contributed by atoms with Gasteiger partial charge in [0.15, 0.2) is 5.78 Å². The number of hydrogen-bond acceptors (Lipinski definition) is 6. The molecular formula is C25H23N3O4S. The molecule has 0 bridgehead atoms. The molecule has 7 nitrogen and oxygen atoms in total. The second-order valence-corrected chi connectivity index (χ2v) is 9.28. The summed E-state index contributed by atoms with van der Waals surface area (Å²) in [5.74, 6) is -0.642. The lowest BCUT2D eigenvalue weighted by molar-refractivity contribution is -0.138. The number of carbonyl (C=O) groups excluding carboxylic acids is 3. The summed E-state index contributed by atoms with van der Waals surface area (Å²) in [5, 5.41) is 2.93. The van der Waals surface area contributed by atoms with Crippen molar-refractivity contribution in [3.8, 4) is 10.4 Å². The van der Waals surface area contributed by atoms with Crippen molar-refractivity contribution in [2.45, 2.75) is 31.0 Å². The molecule has 4 heterocycles. The Bertz CT molecular complexity index is 1160. The van der Waals surface area contributed by atoms with Crippen LogP contribution < -0.4 is 5.32 Å². The number of nitrogens with one attached hydrogen (secondary N) is 1. The minimum atomic E-state index is -0.797. The summed E-state index contributed by atoms with van der Waals surface area (Å²) >= 11 is 1.38. The van der Waals surface area contributed by atoms with E-state index in [9.17, 15) is 14.4 Å². The zero-order chi connectivity index (χ0) is 22.8. The van der Waals surface area contributed by atoms with Crippen LogP contribution in [0.3, 0.4) is 0 Å². The number of amides is 2. The normalized spacial score (nSPS) is 20.5. The number of hydrogen-bond donors (Lipinski definition) is 1. The van der Waals surface area contributed by atoms with Gasteiger partial charge in [0.25, 0.3) is 5.91 Å². The minimum absolute atomic E-state index is 0.0396. The SMILES string of the molecule is O=C(NC(Cc1ccncc1)C(=O)N1CCC2OCC(=O)C21)c1ccc(-c2ccccc2)s1. The van der Waals surface area contributed by atoms with Crippen LogP contribution in [0.4, 0.5) is 0 Å². The first-order valence-electron chi connectivity index (χ1n) is 10.9. The summed E-state index contributed by atoms with van der Waals surface area (Å²) in [6.07, 6.45) is 4.01. The van der Waals surface area contributed by atoms with Crippen molar-refractivity contribution in [2.24, 2.45) is 0 Å². The highest BCUT2D eigenvalue weighted by Gasteiger charge is 2.48. The van der Waals surface area contributed by atoms with Gasteiger partial charge in [0, 0.05) is 30.2 Å². The van der Waals surface area contributed by atoms with Crippen molar-refractivity contribution in [2.75, 3.05) is 13.2 Å². The number of carbonyl (C=O) groups is 3. The average molecular weight is 462 g/mol. The smallest absolute Gasteiger partial charge is 0.262 e. The highest BCUT2D eigenvalue weighted by Crippen LogP contribution is 2.29. The number of likely N-dealkylation sites (tertiary alicyclic amines) is 1. The predicted molar refractivity (Wildman–Crippen MR) is 124 cm³/mol. The summed E-state index contributed by atoms with van der Waals surface area (Å²) in [7, 11) is 0. The van der Waals surface area contributed by atoms with Crippen LogP contribution >= 0.6 is 11.3 Å². The molecule has 2 aromatic heterocycles. The lowest BCUT2D eigenvalue weighted by atomic mass is 10.0. The lowest BCUT2D eigenvalue weighted by Gasteiger charge is -2.27. The van der Waals surface area contributed by atoms with Crippen LogP contribution in [0.2, 0.25) is 0 Å². The number of benzene rings is 1. The zero-order valence-corrected chi connectivity index (χ0v) is 18.7. The Hall–Kier alpha value is -3.36. The van der Waals surface area contributed by atoms with Crippen molar-refractivity contribution < 1.29 is 19.1 Å². The Morgan fingerprint density at radius 1 is 1.12 bits per heavy atom. The van der Waals surface area contributed by atoms with E-state index in [0.717, 1.165) is 16.0 Å². The number of aromatic nitrogens is 1. The van der Waals surface area contributed by atoms with Gasteiger partial charge in [0.05, 0.1) is 11.0 Å². The summed E-state index contributed by atoms with van der Waals surface area (Å²) in [6, 6.07) is 15.8. The quantitative estimate of drug-likeness (QED) is 0.610. The number of thiophene rings is 1. The number of pyridine rings is 1. The van der Waals surface area contributed by atoms with Gasteiger partial charge in [-0.3, -0.25) is 19.4 Å². The molecular weight excluding hydrogens is 438 g/mol. The van der Waals surface area contributed by atoms with Crippen LogP contribution in [0.25, 0.3) is 10.4 Å². The largest absolute Gasteiger partial charge is 0.368 e. The molecule has 0 spiro atoms. The molecule has 3 unspecified atom stereocenters. The molecule has 2 amide bonds.